The molecule has 9 heteroatoms. The van der Waals surface area contributed by atoms with Crippen molar-refractivity contribution in [2.45, 2.75) is 43.4 Å². The lowest BCUT2D eigenvalue weighted by Crippen LogP contribution is -2.48. The summed E-state index contributed by atoms with van der Waals surface area (Å²) in [7, 11) is 0. The lowest BCUT2D eigenvalue weighted by Gasteiger charge is -2.29. The van der Waals surface area contributed by atoms with Crippen molar-refractivity contribution >= 4 is 0 Å². The van der Waals surface area contributed by atoms with Gasteiger partial charge in [-0.25, -0.2) is 0 Å². The van der Waals surface area contributed by atoms with Crippen LogP contribution in [0.2, 0.25) is 0 Å². The fraction of sp³-hybridized carbons (Fsp3) is 0.538. The second kappa shape index (κ2) is 5.67. The molecule has 1 fully saturated rings. The lowest BCUT2D eigenvalue weighted by atomic mass is 9.88. The van der Waals surface area contributed by atoms with Gasteiger partial charge in [0.2, 0.25) is 0 Å². The summed E-state index contributed by atoms with van der Waals surface area (Å²) in [6, 6.07) is 4.43. The van der Waals surface area contributed by atoms with Crippen molar-refractivity contribution < 1.29 is 38.0 Å². The van der Waals surface area contributed by atoms with Crippen LogP contribution in [0.3, 0.4) is 0 Å². The van der Waals surface area contributed by atoms with Crippen molar-refractivity contribution in [2.75, 3.05) is 0 Å². The van der Waals surface area contributed by atoms with Gasteiger partial charge >= 0.3 is 6.36 Å². The molecule has 0 saturated carbocycles. The van der Waals surface area contributed by atoms with Gasteiger partial charge in [-0.2, -0.15) is 0 Å². The molecule has 2 rings (SSSR count). The largest absolute Gasteiger partial charge is 0.573 e. The van der Waals surface area contributed by atoms with Gasteiger partial charge in [0.15, 0.2) is 0 Å². The highest BCUT2D eigenvalue weighted by Gasteiger charge is 2.53. The fourth-order valence-electron chi connectivity index (χ4n) is 2.32. The molecule has 0 bridgehead atoms. The van der Waals surface area contributed by atoms with E-state index >= 15 is 0 Å². The Hall–Kier alpha value is -1.39. The van der Waals surface area contributed by atoms with E-state index in [0.717, 1.165) is 12.1 Å². The van der Waals surface area contributed by atoms with Gasteiger partial charge in [0.05, 0.1) is 0 Å². The zero-order valence-corrected chi connectivity index (χ0v) is 11.5. The number of hydrogen-bond donors (Lipinski definition) is 4. The van der Waals surface area contributed by atoms with E-state index in [-0.39, 0.29) is 5.56 Å². The highest BCUT2D eigenvalue weighted by Crippen LogP contribution is 2.37. The Labute approximate surface area is 123 Å². The first-order valence-corrected chi connectivity index (χ1v) is 6.37. The maximum absolute atomic E-state index is 12.1. The molecule has 5 N–H and O–H groups in total. The Morgan fingerprint density at radius 3 is 2.27 bits per heavy atom. The molecule has 0 aliphatic carbocycles. The molecule has 1 aromatic rings. The Morgan fingerprint density at radius 2 is 1.86 bits per heavy atom. The quantitative estimate of drug-likeness (QED) is 0.642. The van der Waals surface area contributed by atoms with E-state index in [9.17, 15) is 28.5 Å². The van der Waals surface area contributed by atoms with E-state index in [1.807, 2.05) is 0 Å². The van der Waals surface area contributed by atoms with Crippen LogP contribution in [0.5, 0.6) is 5.75 Å². The molecule has 22 heavy (non-hydrogen) atoms. The Bertz CT molecular complexity index is 519. The predicted octanol–water partition coefficient (Wildman–Crippen LogP) is 0.414. The first kappa shape index (κ1) is 17.0. The fourth-order valence-corrected chi connectivity index (χ4v) is 2.32. The van der Waals surface area contributed by atoms with Crippen molar-refractivity contribution in [2.24, 2.45) is 5.73 Å². The van der Waals surface area contributed by atoms with Crippen LogP contribution in [-0.2, 0) is 4.74 Å². The van der Waals surface area contributed by atoms with Gasteiger partial charge < -0.3 is 30.5 Å². The summed E-state index contributed by atoms with van der Waals surface area (Å²) in [6.45, 7) is 1.25. The van der Waals surface area contributed by atoms with Crippen molar-refractivity contribution in [1.29, 1.82) is 0 Å². The van der Waals surface area contributed by atoms with Gasteiger partial charge in [-0.15, -0.1) is 13.2 Å². The molecule has 6 nitrogen and oxygen atoms in total. The van der Waals surface area contributed by atoms with E-state index in [4.69, 9.17) is 10.5 Å². The van der Waals surface area contributed by atoms with Crippen LogP contribution in [0.4, 0.5) is 13.2 Å². The minimum absolute atomic E-state index is 0.182. The van der Waals surface area contributed by atoms with Gasteiger partial charge in [-0.3, -0.25) is 0 Å². The molecule has 0 aromatic heterocycles. The number of alkyl halides is 3. The summed E-state index contributed by atoms with van der Waals surface area (Å²) in [5.74, 6) is -0.445. The molecule has 1 aliphatic heterocycles. The smallest absolute Gasteiger partial charge is 0.406 e. The maximum atomic E-state index is 12.1. The molecule has 1 aliphatic rings. The van der Waals surface area contributed by atoms with Crippen LogP contribution in [0.25, 0.3) is 0 Å². The first-order chi connectivity index (χ1) is 10.0. The Kier molecular flexibility index (Phi) is 4.37. The van der Waals surface area contributed by atoms with Crippen LogP contribution < -0.4 is 10.5 Å². The lowest BCUT2D eigenvalue weighted by molar-refractivity contribution is -0.274. The van der Waals surface area contributed by atoms with E-state index < -0.39 is 42.3 Å². The molecule has 0 spiro atoms. The number of benzene rings is 1. The summed E-state index contributed by atoms with van der Waals surface area (Å²) >= 11 is 0. The van der Waals surface area contributed by atoms with Crippen LogP contribution in [0.15, 0.2) is 24.3 Å². The maximum Gasteiger partial charge on any atom is 0.573 e. The molecular formula is C13H16F3NO5. The molecule has 0 radical (unpaired) electrons. The standard InChI is InChI=1S/C13H16F3NO5/c1-12(20)9(19)11(17)21-10(12)8(18)6-2-4-7(5-3-6)22-13(14,15)16/h2-5,8-11,18-20H,17H2,1H3/t8-,9+,10?,11-,12+/m1/s1. The third-order valence-corrected chi connectivity index (χ3v) is 3.53. The zero-order chi connectivity index (χ0) is 16.7. The number of aliphatic hydroxyl groups is 3. The normalized spacial score (nSPS) is 33.7. The van der Waals surface area contributed by atoms with Crippen LogP contribution in [-0.4, -0.2) is 45.7 Å². The SMILES string of the molecule is C[C@@]1(O)C([C@H](O)c2ccc(OC(F)(F)F)cc2)O[C@@H](N)[C@@H]1O. The van der Waals surface area contributed by atoms with Crippen LogP contribution in [0, 0.1) is 0 Å². The van der Waals surface area contributed by atoms with E-state index in [1.165, 1.54) is 19.1 Å². The summed E-state index contributed by atoms with van der Waals surface area (Å²) in [5, 5.41) is 30.1. The minimum atomic E-state index is -4.81. The average Bonchev–Trinajstić information content (AvgIpc) is 2.60. The highest BCUT2D eigenvalue weighted by molar-refractivity contribution is 5.30. The third kappa shape index (κ3) is 3.33. The summed E-state index contributed by atoms with van der Waals surface area (Å²) in [4.78, 5) is 0. The van der Waals surface area contributed by atoms with Gasteiger partial charge in [-0.1, -0.05) is 12.1 Å². The molecular weight excluding hydrogens is 307 g/mol. The molecule has 1 saturated heterocycles. The van der Waals surface area contributed by atoms with Crippen LogP contribution in [0.1, 0.15) is 18.6 Å². The van der Waals surface area contributed by atoms with Gasteiger partial charge in [-0.05, 0) is 24.6 Å². The molecule has 1 aromatic carbocycles. The van der Waals surface area contributed by atoms with E-state index in [0.29, 0.717) is 0 Å². The predicted molar refractivity (Wildman–Crippen MR) is 67.6 cm³/mol. The van der Waals surface area contributed by atoms with Crippen molar-refractivity contribution in [3.8, 4) is 5.75 Å². The van der Waals surface area contributed by atoms with E-state index in [1.54, 1.807) is 0 Å². The number of aliphatic hydroxyl groups excluding tert-OH is 2. The third-order valence-electron chi connectivity index (χ3n) is 3.53. The molecule has 1 unspecified atom stereocenters. The number of rotatable bonds is 3. The second-order valence-corrected chi connectivity index (χ2v) is 5.25. The molecule has 5 atom stereocenters. The monoisotopic (exact) mass is 323 g/mol. The number of hydrogen-bond acceptors (Lipinski definition) is 6. The summed E-state index contributed by atoms with van der Waals surface area (Å²) in [6.07, 6.45) is -10.0. The zero-order valence-electron chi connectivity index (χ0n) is 11.5. The van der Waals surface area contributed by atoms with Crippen molar-refractivity contribution in [3.63, 3.8) is 0 Å². The van der Waals surface area contributed by atoms with Crippen molar-refractivity contribution in [3.05, 3.63) is 29.8 Å². The summed E-state index contributed by atoms with van der Waals surface area (Å²) < 4.78 is 45.0. The highest BCUT2D eigenvalue weighted by atomic mass is 19.4. The second-order valence-electron chi connectivity index (χ2n) is 5.25. The van der Waals surface area contributed by atoms with Gasteiger partial charge in [0.1, 0.15) is 35.9 Å². The first-order valence-electron chi connectivity index (χ1n) is 6.37. The molecule has 124 valence electrons. The number of nitrogens with two attached hydrogens (primary N) is 1. The minimum Gasteiger partial charge on any atom is -0.406 e. The molecule has 1 heterocycles. The average molecular weight is 323 g/mol. The van der Waals surface area contributed by atoms with Crippen LogP contribution >= 0.6 is 0 Å². The summed E-state index contributed by atoms with van der Waals surface area (Å²) in [5.41, 5.74) is 3.84. The Balaban J connectivity index is 2.15. The van der Waals surface area contributed by atoms with E-state index in [2.05, 4.69) is 4.74 Å². The Morgan fingerprint density at radius 1 is 1.32 bits per heavy atom. The molecule has 0 amide bonds. The van der Waals surface area contributed by atoms with Gasteiger partial charge in [0, 0.05) is 0 Å². The van der Waals surface area contributed by atoms with Crippen molar-refractivity contribution in [1.82, 2.24) is 0 Å². The van der Waals surface area contributed by atoms with Gasteiger partial charge in [0.25, 0.3) is 0 Å². The topological polar surface area (TPSA) is 105 Å². The number of ether oxygens (including phenoxy) is 2. The number of halogens is 3.